The summed E-state index contributed by atoms with van der Waals surface area (Å²) in [4.78, 5) is 2.43. The van der Waals surface area contributed by atoms with Crippen molar-refractivity contribution in [1.82, 2.24) is 10.2 Å². The first-order valence-corrected chi connectivity index (χ1v) is 7.94. The molecule has 0 atom stereocenters. The lowest BCUT2D eigenvalue weighted by atomic mass is 10.0. The fourth-order valence-electron chi connectivity index (χ4n) is 2.97. The van der Waals surface area contributed by atoms with Crippen LogP contribution < -0.4 is 5.32 Å². The van der Waals surface area contributed by atoms with Gasteiger partial charge in [0.15, 0.2) is 0 Å². The summed E-state index contributed by atoms with van der Waals surface area (Å²) >= 11 is 0. The summed E-state index contributed by atoms with van der Waals surface area (Å²) in [5.41, 5.74) is 1.18. The van der Waals surface area contributed by atoms with Gasteiger partial charge in [0.1, 0.15) is 17.3 Å². The van der Waals surface area contributed by atoms with Crippen LogP contribution in [0.25, 0.3) is 0 Å². The van der Waals surface area contributed by atoms with Crippen LogP contribution in [0.5, 0.6) is 0 Å². The van der Waals surface area contributed by atoms with E-state index in [1.807, 2.05) is 31.2 Å². The molecule has 0 amide bonds. The van der Waals surface area contributed by atoms with Crippen LogP contribution in [0.1, 0.15) is 29.9 Å². The Hall–Kier alpha value is -1.65. The molecule has 4 heteroatoms. The molecule has 1 aromatic carbocycles. The number of hydrogen-bond acceptors (Lipinski definition) is 3. The fourth-order valence-corrected chi connectivity index (χ4v) is 2.97. The van der Waals surface area contributed by atoms with Gasteiger partial charge in [-0.3, -0.25) is 4.90 Å². The van der Waals surface area contributed by atoms with Crippen molar-refractivity contribution in [2.45, 2.75) is 38.9 Å². The summed E-state index contributed by atoms with van der Waals surface area (Å²) < 4.78 is 18.5. The van der Waals surface area contributed by atoms with Gasteiger partial charge in [-0.1, -0.05) is 12.1 Å². The Kier molecular flexibility index (Phi) is 4.90. The second-order valence-electron chi connectivity index (χ2n) is 6.07. The Balaban J connectivity index is 1.41. The van der Waals surface area contributed by atoms with Crippen LogP contribution in [0.15, 0.2) is 40.8 Å². The predicted molar refractivity (Wildman–Crippen MR) is 85.0 cm³/mol. The van der Waals surface area contributed by atoms with E-state index in [1.54, 1.807) is 0 Å². The van der Waals surface area contributed by atoms with E-state index in [0.29, 0.717) is 6.04 Å². The van der Waals surface area contributed by atoms with Gasteiger partial charge in [-0.15, -0.1) is 0 Å². The van der Waals surface area contributed by atoms with Gasteiger partial charge in [0.2, 0.25) is 0 Å². The number of nitrogens with zero attached hydrogens (tertiary/aromatic N) is 1. The molecular weight excluding hydrogens is 279 g/mol. The zero-order chi connectivity index (χ0) is 15.4. The molecule has 118 valence electrons. The highest BCUT2D eigenvalue weighted by molar-refractivity contribution is 5.16. The molecule has 3 nitrogen and oxygen atoms in total. The van der Waals surface area contributed by atoms with Crippen molar-refractivity contribution in [2.24, 2.45) is 0 Å². The Morgan fingerprint density at radius 3 is 2.50 bits per heavy atom. The number of likely N-dealkylation sites (tertiary alicyclic amines) is 1. The second-order valence-corrected chi connectivity index (χ2v) is 6.07. The Bertz CT molecular complexity index is 585. The third kappa shape index (κ3) is 4.18. The number of rotatable bonds is 5. The average Bonchev–Trinajstić information content (AvgIpc) is 2.94. The molecule has 1 aliphatic rings. The quantitative estimate of drug-likeness (QED) is 0.916. The van der Waals surface area contributed by atoms with Crippen LogP contribution in [0.4, 0.5) is 4.39 Å². The van der Waals surface area contributed by atoms with Gasteiger partial charge in [-0.05, 0) is 62.7 Å². The molecule has 1 N–H and O–H groups in total. The van der Waals surface area contributed by atoms with Crippen LogP contribution in [-0.4, -0.2) is 24.0 Å². The molecule has 1 fully saturated rings. The third-order valence-electron chi connectivity index (χ3n) is 4.27. The summed E-state index contributed by atoms with van der Waals surface area (Å²) in [5, 5.41) is 3.57. The summed E-state index contributed by atoms with van der Waals surface area (Å²) in [7, 11) is 0. The Labute approximate surface area is 131 Å². The van der Waals surface area contributed by atoms with Crippen molar-refractivity contribution >= 4 is 0 Å². The van der Waals surface area contributed by atoms with Crippen LogP contribution in [0.2, 0.25) is 0 Å². The van der Waals surface area contributed by atoms with Crippen molar-refractivity contribution in [1.29, 1.82) is 0 Å². The molecular formula is C18H23FN2O. The van der Waals surface area contributed by atoms with Gasteiger partial charge in [-0.2, -0.15) is 0 Å². The summed E-state index contributed by atoms with van der Waals surface area (Å²) in [5.74, 6) is 1.80. The number of furan rings is 1. The van der Waals surface area contributed by atoms with E-state index < -0.39 is 0 Å². The summed E-state index contributed by atoms with van der Waals surface area (Å²) in [6.45, 7) is 5.83. The molecule has 2 aromatic rings. The highest BCUT2D eigenvalue weighted by Crippen LogP contribution is 2.15. The molecule has 0 saturated carbocycles. The van der Waals surface area contributed by atoms with Gasteiger partial charge in [0, 0.05) is 12.6 Å². The van der Waals surface area contributed by atoms with Crippen LogP contribution in [0.3, 0.4) is 0 Å². The minimum absolute atomic E-state index is 0.167. The molecule has 1 aliphatic heterocycles. The van der Waals surface area contributed by atoms with Crippen molar-refractivity contribution in [3.05, 3.63) is 59.3 Å². The SMILES string of the molecule is Cc1ccc(CNC2CCN(Cc3ccc(F)cc3)CC2)o1. The van der Waals surface area contributed by atoms with Gasteiger partial charge < -0.3 is 9.73 Å². The Morgan fingerprint density at radius 2 is 1.86 bits per heavy atom. The number of piperidine rings is 1. The first-order chi connectivity index (χ1) is 10.7. The number of halogens is 1. The predicted octanol–water partition coefficient (Wildman–Crippen LogP) is 3.48. The van der Waals surface area contributed by atoms with Crippen molar-refractivity contribution in [3.63, 3.8) is 0 Å². The van der Waals surface area contributed by atoms with Gasteiger partial charge in [-0.25, -0.2) is 4.39 Å². The summed E-state index contributed by atoms with van der Waals surface area (Å²) in [6.07, 6.45) is 2.28. The molecule has 0 spiro atoms. The zero-order valence-electron chi connectivity index (χ0n) is 13.0. The molecule has 0 bridgehead atoms. The molecule has 1 saturated heterocycles. The molecule has 1 aromatic heterocycles. The molecule has 3 rings (SSSR count). The first-order valence-electron chi connectivity index (χ1n) is 7.94. The monoisotopic (exact) mass is 302 g/mol. The molecule has 0 aliphatic carbocycles. The maximum Gasteiger partial charge on any atom is 0.123 e. The molecule has 2 heterocycles. The van der Waals surface area contributed by atoms with Crippen LogP contribution in [-0.2, 0) is 13.1 Å². The second kappa shape index (κ2) is 7.07. The average molecular weight is 302 g/mol. The van der Waals surface area contributed by atoms with E-state index in [0.717, 1.165) is 50.5 Å². The minimum Gasteiger partial charge on any atom is -0.465 e. The van der Waals surface area contributed by atoms with E-state index in [9.17, 15) is 4.39 Å². The lowest BCUT2D eigenvalue weighted by Gasteiger charge is -2.32. The smallest absolute Gasteiger partial charge is 0.123 e. The van der Waals surface area contributed by atoms with Crippen LogP contribution in [0, 0.1) is 12.7 Å². The first kappa shape index (κ1) is 15.3. The maximum absolute atomic E-state index is 12.9. The van der Waals surface area contributed by atoms with Crippen molar-refractivity contribution in [2.75, 3.05) is 13.1 Å². The minimum atomic E-state index is -0.167. The highest BCUT2D eigenvalue weighted by atomic mass is 19.1. The van der Waals surface area contributed by atoms with Gasteiger partial charge in [0.25, 0.3) is 0 Å². The van der Waals surface area contributed by atoms with Gasteiger partial charge in [0.05, 0.1) is 6.54 Å². The third-order valence-corrected chi connectivity index (χ3v) is 4.27. The van der Waals surface area contributed by atoms with Crippen LogP contribution >= 0.6 is 0 Å². The highest BCUT2D eigenvalue weighted by Gasteiger charge is 2.19. The van der Waals surface area contributed by atoms with E-state index in [1.165, 1.54) is 17.7 Å². The number of aryl methyl sites for hydroxylation is 1. The number of nitrogens with one attached hydrogen (secondary N) is 1. The maximum atomic E-state index is 12.9. The molecule has 22 heavy (non-hydrogen) atoms. The standard InChI is InChI=1S/C18H23FN2O/c1-14-2-7-18(22-14)12-20-17-8-10-21(11-9-17)13-15-3-5-16(19)6-4-15/h2-7,17,20H,8-13H2,1H3. The van der Waals surface area contributed by atoms with Crippen molar-refractivity contribution < 1.29 is 8.81 Å². The lowest BCUT2D eigenvalue weighted by Crippen LogP contribution is -2.41. The van der Waals surface area contributed by atoms with E-state index >= 15 is 0 Å². The summed E-state index contributed by atoms with van der Waals surface area (Å²) in [6, 6.07) is 11.4. The largest absolute Gasteiger partial charge is 0.465 e. The molecule has 0 unspecified atom stereocenters. The number of benzene rings is 1. The normalized spacial score (nSPS) is 17.0. The van der Waals surface area contributed by atoms with E-state index in [2.05, 4.69) is 10.2 Å². The zero-order valence-corrected chi connectivity index (χ0v) is 13.0. The topological polar surface area (TPSA) is 28.4 Å². The lowest BCUT2D eigenvalue weighted by molar-refractivity contribution is 0.188. The van der Waals surface area contributed by atoms with E-state index in [-0.39, 0.29) is 5.82 Å². The van der Waals surface area contributed by atoms with Crippen molar-refractivity contribution in [3.8, 4) is 0 Å². The Morgan fingerprint density at radius 1 is 1.14 bits per heavy atom. The van der Waals surface area contributed by atoms with E-state index in [4.69, 9.17) is 4.42 Å². The van der Waals surface area contributed by atoms with Gasteiger partial charge >= 0.3 is 0 Å². The fraction of sp³-hybridized carbons (Fsp3) is 0.444. The molecule has 0 radical (unpaired) electrons. The number of hydrogen-bond donors (Lipinski definition) is 1.